The molecular formula is C15H25NO2. The van der Waals surface area contributed by atoms with Crippen LogP contribution in [-0.2, 0) is 9.47 Å². The topological polar surface area (TPSA) is 30.5 Å². The summed E-state index contributed by atoms with van der Waals surface area (Å²) in [5.74, 6) is 1.83. The SMILES string of the molecule is C1COC2(CCC(NC(C3CC3)C3CC3)CC2)O1. The van der Waals surface area contributed by atoms with Gasteiger partial charge in [-0.1, -0.05) is 0 Å². The van der Waals surface area contributed by atoms with Crippen molar-refractivity contribution in [1.29, 1.82) is 0 Å². The van der Waals surface area contributed by atoms with E-state index in [1.165, 1.54) is 38.5 Å². The molecule has 3 nitrogen and oxygen atoms in total. The minimum absolute atomic E-state index is 0.188. The molecule has 18 heavy (non-hydrogen) atoms. The van der Waals surface area contributed by atoms with Crippen molar-refractivity contribution in [2.24, 2.45) is 11.8 Å². The number of nitrogens with one attached hydrogen (secondary N) is 1. The second-order valence-electron chi connectivity index (χ2n) is 6.75. The normalized spacial score (nSPS) is 32.5. The van der Waals surface area contributed by atoms with Gasteiger partial charge in [0.2, 0.25) is 0 Å². The van der Waals surface area contributed by atoms with E-state index < -0.39 is 0 Å². The zero-order valence-electron chi connectivity index (χ0n) is 11.2. The van der Waals surface area contributed by atoms with E-state index in [2.05, 4.69) is 5.32 Å². The Kier molecular flexibility index (Phi) is 2.90. The summed E-state index contributed by atoms with van der Waals surface area (Å²) in [5.41, 5.74) is 0. The first-order valence-corrected chi connectivity index (χ1v) is 7.89. The van der Waals surface area contributed by atoms with Gasteiger partial charge in [-0.25, -0.2) is 0 Å². The average Bonchev–Trinajstić information content (AvgIpc) is 3.30. The van der Waals surface area contributed by atoms with Gasteiger partial charge in [0.25, 0.3) is 0 Å². The maximum atomic E-state index is 5.80. The zero-order chi connectivity index (χ0) is 12.0. The van der Waals surface area contributed by atoms with Crippen molar-refractivity contribution < 1.29 is 9.47 Å². The number of hydrogen-bond acceptors (Lipinski definition) is 3. The average molecular weight is 251 g/mol. The summed E-state index contributed by atoms with van der Waals surface area (Å²) in [6, 6.07) is 1.56. The lowest BCUT2D eigenvalue weighted by molar-refractivity contribution is -0.179. The van der Waals surface area contributed by atoms with Crippen LogP contribution in [0, 0.1) is 11.8 Å². The predicted octanol–water partition coefficient (Wildman–Crippen LogP) is 2.45. The molecule has 3 heteroatoms. The fourth-order valence-electron chi connectivity index (χ4n) is 3.85. The minimum Gasteiger partial charge on any atom is -0.348 e. The third-order valence-electron chi connectivity index (χ3n) is 5.25. The second kappa shape index (κ2) is 4.46. The van der Waals surface area contributed by atoms with Crippen molar-refractivity contribution in [3.8, 4) is 0 Å². The van der Waals surface area contributed by atoms with Crippen LogP contribution in [0.5, 0.6) is 0 Å². The summed E-state index contributed by atoms with van der Waals surface area (Å²) in [6.07, 6.45) is 10.5. The molecule has 1 aliphatic heterocycles. The first-order chi connectivity index (χ1) is 8.85. The Balaban J connectivity index is 1.31. The molecule has 4 rings (SSSR count). The van der Waals surface area contributed by atoms with E-state index in [-0.39, 0.29) is 5.79 Å². The number of rotatable bonds is 4. The lowest BCUT2D eigenvalue weighted by atomic mass is 9.89. The van der Waals surface area contributed by atoms with E-state index in [1.54, 1.807) is 0 Å². The van der Waals surface area contributed by atoms with Crippen LogP contribution in [0.15, 0.2) is 0 Å². The van der Waals surface area contributed by atoms with Gasteiger partial charge in [-0.05, 0) is 50.4 Å². The fraction of sp³-hybridized carbons (Fsp3) is 1.00. The Morgan fingerprint density at radius 3 is 1.89 bits per heavy atom. The molecule has 1 saturated heterocycles. The van der Waals surface area contributed by atoms with Gasteiger partial charge in [-0.15, -0.1) is 0 Å². The highest BCUT2D eigenvalue weighted by atomic mass is 16.7. The molecule has 3 saturated carbocycles. The number of hydrogen-bond donors (Lipinski definition) is 1. The Labute approximate surface area is 110 Å². The van der Waals surface area contributed by atoms with Crippen molar-refractivity contribution in [2.45, 2.75) is 69.2 Å². The molecule has 0 radical (unpaired) electrons. The predicted molar refractivity (Wildman–Crippen MR) is 69.3 cm³/mol. The van der Waals surface area contributed by atoms with E-state index >= 15 is 0 Å². The highest BCUT2D eigenvalue weighted by Crippen LogP contribution is 2.45. The molecule has 0 amide bonds. The second-order valence-corrected chi connectivity index (χ2v) is 6.75. The van der Waals surface area contributed by atoms with E-state index in [0.717, 1.165) is 50.0 Å². The molecule has 0 aromatic heterocycles. The van der Waals surface area contributed by atoms with Crippen LogP contribution in [0.2, 0.25) is 0 Å². The highest BCUT2D eigenvalue weighted by molar-refractivity contribution is 4.98. The summed E-state index contributed by atoms with van der Waals surface area (Å²) < 4.78 is 11.6. The van der Waals surface area contributed by atoms with Crippen LogP contribution < -0.4 is 5.32 Å². The molecule has 0 atom stereocenters. The summed E-state index contributed by atoms with van der Waals surface area (Å²) in [7, 11) is 0. The van der Waals surface area contributed by atoms with E-state index in [0.29, 0.717) is 0 Å². The van der Waals surface area contributed by atoms with Gasteiger partial charge in [0.15, 0.2) is 5.79 Å². The van der Waals surface area contributed by atoms with Gasteiger partial charge in [-0.3, -0.25) is 0 Å². The Bertz CT molecular complexity index is 284. The van der Waals surface area contributed by atoms with Crippen LogP contribution in [0.25, 0.3) is 0 Å². The van der Waals surface area contributed by atoms with Gasteiger partial charge in [0.1, 0.15) is 0 Å². The standard InChI is InChI=1S/C15H25NO2/c1-2-11(1)14(12-3-4-12)16-13-5-7-15(8-6-13)17-9-10-18-15/h11-14,16H,1-10H2. The molecule has 0 aromatic carbocycles. The van der Waals surface area contributed by atoms with Crippen LogP contribution in [-0.4, -0.2) is 31.1 Å². The zero-order valence-corrected chi connectivity index (χ0v) is 11.2. The summed E-state index contributed by atoms with van der Waals surface area (Å²) >= 11 is 0. The van der Waals surface area contributed by atoms with Gasteiger partial charge in [0.05, 0.1) is 13.2 Å². The summed E-state index contributed by atoms with van der Waals surface area (Å²) in [4.78, 5) is 0. The Morgan fingerprint density at radius 2 is 1.39 bits per heavy atom. The molecule has 1 heterocycles. The summed E-state index contributed by atoms with van der Waals surface area (Å²) in [5, 5.41) is 3.98. The third kappa shape index (κ3) is 2.33. The van der Waals surface area contributed by atoms with Crippen molar-refractivity contribution in [3.63, 3.8) is 0 Å². The quantitative estimate of drug-likeness (QED) is 0.832. The number of ether oxygens (including phenoxy) is 2. The molecule has 1 N–H and O–H groups in total. The maximum Gasteiger partial charge on any atom is 0.168 e. The first-order valence-electron chi connectivity index (χ1n) is 7.89. The summed E-state index contributed by atoms with van der Waals surface area (Å²) in [6.45, 7) is 1.59. The largest absolute Gasteiger partial charge is 0.348 e. The van der Waals surface area contributed by atoms with Crippen molar-refractivity contribution >= 4 is 0 Å². The highest BCUT2D eigenvalue weighted by Gasteiger charge is 2.44. The molecule has 0 bridgehead atoms. The van der Waals surface area contributed by atoms with Crippen LogP contribution in [0.3, 0.4) is 0 Å². The molecule has 3 aliphatic carbocycles. The van der Waals surface area contributed by atoms with Gasteiger partial charge >= 0.3 is 0 Å². The van der Waals surface area contributed by atoms with Crippen molar-refractivity contribution in [1.82, 2.24) is 5.32 Å². The van der Waals surface area contributed by atoms with Gasteiger partial charge < -0.3 is 14.8 Å². The molecular weight excluding hydrogens is 226 g/mol. The molecule has 4 fully saturated rings. The van der Waals surface area contributed by atoms with E-state index in [1.807, 2.05) is 0 Å². The first kappa shape index (κ1) is 11.7. The third-order valence-corrected chi connectivity index (χ3v) is 5.25. The van der Waals surface area contributed by atoms with Gasteiger partial charge in [0, 0.05) is 24.9 Å². The van der Waals surface area contributed by atoms with Crippen molar-refractivity contribution in [3.05, 3.63) is 0 Å². The molecule has 4 aliphatic rings. The monoisotopic (exact) mass is 251 g/mol. The Hall–Kier alpha value is -0.120. The molecule has 0 aromatic rings. The van der Waals surface area contributed by atoms with E-state index in [9.17, 15) is 0 Å². The maximum absolute atomic E-state index is 5.80. The minimum atomic E-state index is -0.188. The van der Waals surface area contributed by atoms with Crippen LogP contribution in [0.4, 0.5) is 0 Å². The van der Waals surface area contributed by atoms with Crippen LogP contribution >= 0.6 is 0 Å². The smallest absolute Gasteiger partial charge is 0.168 e. The Morgan fingerprint density at radius 1 is 0.833 bits per heavy atom. The van der Waals surface area contributed by atoms with Gasteiger partial charge in [-0.2, -0.15) is 0 Å². The fourth-order valence-corrected chi connectivity index (χ4v) is 3.85. The lowest BCUT2D eigenvalue weighted by Crippen LogP contribution is -2.46. The lowest BCUT2D eigenvalue weighted by Gasteiger charge is -2.37. The molecule has 0 unspecified atom stereocenters. The van der Waals surface area contributed by atoms with Crippen molar-refractivity contribution in [2.75, 3.05) is 13.2 Å². The molecule has 1 spiro atoms. The van der Waals surface area contributed by atoms with Crippen LogP contribution in [0.1, 0.15) is 51.4 Å². The van der Waals surface area contributed by atoms with E-state index in [4.69, 9.17) is 9.47 Å². The molecule has 102 valence electrons.